The molecule has 2 rings (SSSR count). The van der Waals surface area contributed by atoms with Gasteiger partial charge in [0.05, 0.1) is 0 Å². The Morgan fingerprint density at radius 2 is 1.58 bits per heavy atom. The van der Waals surface area contributed by atoms with Gasteiger partial charge < -0.3 is 10.6 Å². The zero-order valence-corrected chi connectivity index (χ0v) is 14.2. The van der Waals surface area contributed by atoms with Gasteiger partial charge in [-0.1, -0.05) is 42.8 Å². The van der Waals surface area contributed by atoms with E-state index in [2.05, 4.69) is 10.6 Å². The maximum Gasteiger partial charge on any atom is 0.272 e. The first kappa shape index (κ1) is 17.5. The Bertz CT molecular complexity index is 747. The van der Waals surface area contributed by atoms with Crippen molar-refractivity contribution in [1.82, 2.24) is 5.32 Å². The van der Waals surface area contributed by atoms with Crippen LogP contribution < -0.4 is 10.6 Å². The van der Waals surface area contributed by atoms with Crippen LogP contribution in [0.25, 0.3) is 0 Å². The zero-order chi connectivity index (χ0) is 17.5. The van der Waals surface area contributed by atoms with Gasteiger partial charge in [-0.25, -0.2) is 0 Å². The van der Waals surface area contributed by atoms with Crippen LogP contribution in [-0.4, -0.2) is 11.8 Å². The fourth-order valence-corrected chi connectivity index (χ4v) is 2.14. The summed E-state index contributed by atoms with van der Waals surface area (Å²) in [5.74, 6) is -0.611. The van der Waals surface area contributed by atoms with Crippen molar-refractivity contribution in [2.75, 3.05) is 5.32 Å². The number of rotatable bonds is 5. The van der Waals surface area contributed by atoms with E-state index in [1.54, 1.807) is 24.3 Å². The predicted octanol–water partition coefficient (Wildman–Crippen LogP) is 4.05. The average Bonchev–Trinajstić information content (AvgIpc) is 2.61. The Hall–Kier alpha value is -2.88. The highest BCUT2D eigenvalue weighted by atomic mass is 16.2. The largest absolute Gasteiger partial charge is 0.321 e. The minimum Gasteiger partial charge on any atom is -0.321 e. The lowest BCUT2D eigenvalue weighted by molar-refractivity contribution is -0.113. The van der Waals surface area contributed by atoms with Gasteiger partial charge in [0.1, 0.15) is 5.70 Å². The summed E-state index contributed by atoms with van der Waals surface area (Å²) in [7, 11) is 0. The molecule has 0 bridgehead atoms. The van der Waals surface area contributed by atoms with Crippen molar-refractivity contribution in [1.29, 1.82) is 0 Å². The fourth-order valence-electron chi connectivity index (χ4n) is 2.14. The van der Waals surface area contributed by atoms with E-state index < -0.39 is 0 Å². The lowest BCUT2D eigenvalue weighted by atomic mass is 10.1. The summed E-state index contributed by atoms with van der Waals surface area (Å²) in [5.41, 5.74) is 3.45. The van der Waals surface area contributed by atoms with Crippen molar-refractivity contribution < 1.29 is 9.59 Å². The maximum atomic E-state index is 12.6. The summed E-state index contributed by atoms with van der Waals surface area (Å²) >= 11 is 0. The van der Waals surface area contributed by atoms with Crippen molar-refractivity contribution >= 4 is 17.5 Å². The molecule has 2 N–H and O–H groups in total. The summed E-state index contributed by atoms with van der Waals surface area (Å²) in [6.45, 7) is 5.77. The van der Waals surface area contributed by atoms with Crippen LogP contribution in [0.15, 0.2) is 65.9 Å². The molecule has 4 heteroatoms. The molecule has 0 aliphatic carbocycles. The molecule has 24 heavy (non-hydrogen) atoms. The number of carbonyl (C=O) groups is 2. The molecule has 124 valence electrons. The molecular formula is C20H22N2O2. The van der Waals surface area contributed by atoms with Crippen LogP contribution >= 0.6 is 0 Å². The van der Waals surface area contributed by atoms with Crippen LogP contribution in [-0.2, 0) is 4.79 Å². The molecular weight excluding hydrogens is 300 g/mol. The molecule has 2 aromatic rings. The van der Waals surface area contributed by atoms with Crippen LogP contribution in [0.3, 0.4) is 0 Å². The average molecular weight is 322 g/mol. The lowest BCUT2D eigenvalue weighted by Gasteiger charge is -2.14. The topological polar surface area (TPSA) is 58.2 Å². The smallest absolute Gasteiger partial charge is 0.272 e. The SMILES string of the molecule is CC/C(C)=C(\NC(=O)c1ccccc1)C(=O)Nc1ccc(C)cc1. The monoisotopic (exact) mass is 322 g/mol. The van der Waals surface area contributed by atoms with E-state index in [1.807, 2.05) is 51.1 Å². The molecule has 0 aliphatic heterocycles. The van der Waals surface area contributed by atoms with E-state index in [-0.39, 0.29) is 11.8 Å². The Kier molecular flexibility index (Phi) is 5.90. The zero-order valence-electron chi connectivity index (χ0n) is 14.2. The third-order valence-corrected chi connectivity index (χ3v) is 3.77. The van der Waals surface area contributed by atoms with Crippen molar-refractivity contribution in [2.24, 2.45) is 0 Å². The van der Waals surface area contributed by atoms with Gasteiger partial charge in [-0.3, -0.25) is 9.59 Å². The number of hydrogen-bond acceptors (Lipinski definition) is 2. The Morgan fingerprint density at radius 1 is 0.958 bits per heavy atom. The summed E-state index contributed by atoms with van der Waals surface area (Å²) in [6, 6.07) is 16.4. The maximum absolute atomic E-state index is 12.6. The molecule has 0 aromatic heterocycles. The number of benzene rings is 2. The van der Waals surface area contributed by atoms with E-state index in [1.165, 1.54) is 0 Å². The van der Waals surface area contributed by atoms with Crippen LogP contribution in [0.5, 0.6) is 0 Å². The number of anilines is 1. The molecule has 0 atom stereocenters. The second-order valence-electron chi connectivity index (χ2n) is 5.65. The van der Waals surface area contributed by atoms with Crippen molar-refractivity contribution in [3.63, 3.8) is 0 Å². The van der Waals surface area contributed by atoms with Gasteiger partial charge in [0.2, 0.25) is 0 Å². The molecule has 0 spiro atoms. The number of carbonyl (C=O) groups excluding carboxylic acids is 2. The first-order valence-electron chi connectivity index (χ1n) is 7.95. The molecule has 0 radical (unpaired) electrons. The summed E-state index contributed by atoms with van der Waals surface area (Å²) in [5, 5.41) is 5.57. The number of nitrogens with one attached hydrogen (secondary N) is 2. The first-order chi connectivity index (χ1) is 11.5. The molecule has 0 aliphatic rings. The minimum atomic E-state index is -0.317. The highest BCUT2D eigenvalue weighted by Crippen LogP contribution is 2.13. The Labute approximate surface area is 142 Å². The standard InChI is InChI=1S/C20H22N2O2/c1-4-15(3)18(22-19(23)16-8-6-5-7-9-16)20(24)21-17-12-10-14(2)11-13-17/h5-13H,4H2,1-3H3,(H,21,24)(H,22,23)/b18-15-. The van der Waals surface area contributed by atoms with Gasteiger partial charge in [0.25, 0.3) is 11.8 Å². The molecule has 0 fully saturated rings. The van der Waals surface area contributed by atoms with Gasteiger partial charge >= 0.3 is 0 Å². The second-order valence-corrected chi connectivity index (χ2v) is 5.65. The van der Waals surface area contributed by atoms with Crippen molar-refractivity contribution in [2.45, 2.75) is 27.2 Å². The van der Waals surface area contributed by atoms with Crippen molar-refractivity contribution in [3.8, 4) is 0 Å². The normalized spacial score (nSPS) is 11.5. The van der Waals surface area contributed by atoms with Gasteiger partial charge in [-0.2, -0.15) is 0 Å². The van der Waals surface area contributed by atoms with E-state index in [0.717, 1.165) is 11.1 Å². The van der Waals surface area contributed by atoms with Gasteiger partial charge in [0.15, 0.2) is 0 Å². The van der Waals surface area contributed by atoms with Gasteiger partial charge in [-0.05, 0) is 50.1 Å². The predicted molar refractivity (Wildman–Crippen MR) is 96.7 cm³/mol. The first-order valence-corrected chi connectivity index (χ1v) is 7.95. The third-order valence-electron chi connectivity index (χ3n) is 3.77. The fraction of sp³-hybridized carbons (Fsp3) is 0.200. The van der Waals surface area contributed by atoms with Gasteiger partial charge in [0, 0.05) is 11.3 Å². The minimum absolute atomic E-state index is 0.294. The number of hydrogen-bond donors (Lipinski definition) is 2. The molecule has 2 amide bonds. The molecule has 0 heterocycles. The molecule has 0 unspecified atom stereocenters. The van der Waals surface area contributed by atoms with Crippen LogP contribution in [0, 0.1) is 6.92 Å². The summed E-state index contributed by atoms with van der Waals surface area (Å²) < 4.78 is 0. The number of allylic oxidation sites excluding steroid dienone is 1. The molecule has 0 saturated heterocycles. The van der Waals surface area contributed by atoms with Crippen molar-refractivity contribution in [3.05, 3.63) is 77.0 Å². The lowest BCUT2D eigenvalue weighted by Crippen LogP contribution is -2.32. The van der Waals surface area contributed by atoms with E-state index in [9.17, 15) is 9.59 Å². The second kappa shape index (κ2) is 8.11. The quantitative estimate of drug-likeness (QED) is 0.816. The summed E-state index contributed by atoms with van der Waals surface area (Å²) in [6.07, 6.45) is 0.672. The molecule has 2 aromatic carbocycles. The van der Waals surface area contributed by atoms with E-state index in [4.69, 9.17) is 0 Å². The van der Waals surface area contributed by atoms with E-state index in [0.29, 0.717) is 23.4 Å². The van der Waals surface area contributed by atoms with Crippen LogP contribution in [0.4, 0.5) is 5.69 Å². The highest BCUT2D eigenvalue weighted by molar-refractivity contribution is 6.08. The molecule has 4 nitrogen and oxygen atoms in total. The number of aryl methyl sites for hydroxylation is 1. The van der Waals surface area contributed by atoms with Crippen LogP contribution in [0.1, 0.15) is 36.2 Å². The van der Waals surface area contributed by atoms with Gasteiger partial charge in [-0.15, -0.1) is 0 Å². The third kappa shape index (κ3) is 4.56. The van der Waals surface area contributed by atoms with E-state index >= 15 is 0 Å². The number of amides is 2. The Morgan fingerprint density at radius 3 is 2.17 bits per heavy atom. The summed E-state index contributed by atoms with van der Waals surface area (Å²) in [4.78, 5) is 24.9. The highest BCUT2D eigenvalue weighted by Gasteiger charge is 2.16. The molecule has 0 saturated carbocycles. The Balaban J connectivity index is 2.18. The van der Waals surface area contributed by atoms with Crippen LogP contribution in [0.2, 0.25) is 0 Å².